The summed E-state index contributed by atoms with van der Waals surface area (Å²) < 4.78 is 40.7. The Hall–Kier alpha value is -3.68. The molecule has 1 fully saturated rings. The zero-order valence-electron chi connectivity index (χ0n) is 21.1. The largest absolute Gasteiger partial charge is 0.435 e. The van der Waals surface area contributed by atoms with Crippen molar-refractivity contribution in [1.82, 2.24) is 14.8 Å². The second-order valence-corrected chi connectivity index (χ2v) is 9.98. The zero-order chi connectivity index (χ0) is 26.3. The summed E-state index contributed by atoms with van der Waals surface area (Å²) in [6.45, 7) is 5.25. The van der Waals surface area contributed by atoms with Crippen LogP contribution < -0.4 is 0 Å². The van der Waals surface area contributed by atoms with Crippen molar-refractivity contribution in [3.8, 4) is 0 Å². The maximum absolute atomic E-state index is 13.6. The highest BCUT2D eigenvalue weighted by Gasteiger charge is 2.44. The van der Waals surface area contributed by atoms with E-state index in [0.717, 1.165) is 58.0 Å². The number of nitrogens with zero attached hydrogens (tertiary/aromatic N) is 4. The van der Waals surface area contributed by atoms with Crippen molar-refractivity contribution >= 4 is 17.7 Å². The predicted molar refractivity (Wildman–Crippen MR) is 137 cm³/mol. The molecule has 0 saturated heterocycles. The Balaban J connectivity index is 1.51. The first kappa shape index (κ1) is 25.0. The van der Waals surface area contributed by atoms with Crippen molar-refractivity contribution < 1.29 is 18.0 Å². The summed E-state index contributed by atoms with van der Waals surface area (Å²) in [7, 11) is 0. The lowest BCUT2D eigenvalue weighted by molar-refractivity contribution is -0.142. The van der Waals surface area contributed by atoms with Gasteiger partial charge in [-0.1, -0.05) is 59.7 Å². The van der Waals surface area contributed by atoms with Crippen LogP contribution in [0.2, 0.25) is 0 Å². The number of benzene rings is 2. The molecule has 0 N–H and O–H groups in total. The van der Waals surface area contributed by atoms with Gasteiger partial charge in [0.15, 0.2) is 5.69 Å². The van der Waals surface area contributed by atoms with Crippen LogP contribution in [0.15, 0.2) is 65.3 Å². The minimum Gasteiger partial charge on any atom is -0.271 e. The summed E-state index contributed by atoms with van der Waals surface area (Å²) in [5.41, 5.74) is 5.59. The van der Waals surface area contributed by atoms with E-state index < -0.39 is 11.9 Å². The number of alkyl halides is 3. The first-order valence-electron chi connectivity index (χ1n) is 12.5. The van der Waals surface area contributed by atoms with E-state index in [1.807, 2.05) is 38.1 Å². The lowest BCUT2D eigenvalue weighted by Gasteiger charge is -2.29. The van der Waals surface area contributed by atoms with Crippen molar-refractivity contribution in [3.63, 3.8) is 0 Å². The fourth-order valence-corrected chi connectivity index (χ4v) is 5.18. The molecular formula is C29H29F3N4O. The van der Waals surface area contributed by atoms with E-state index in [1.165, 1.54) is 17.5 Å². The van der Waals surface area contributed by atoms with Gasteiger partial charge in [-0.25, -0.2) is 5.01 Å². The number of halogens is 3. The molecule has 2 atom stereocenters. The number of hydrogen-bond acceptors (Lipinski definition) is 3. The molecule has 2 aromatic carbocycles. The van der Waals surface area contributed by atoms with Gasteiger partial charge in [0.05, 0.1) is 11.8 Å². The SMILES string of the molecule is Cc1ccc(/C=C2\CCC[C@H]3C2=NN(C(=O)Cn2nc(C(F)(F)F)cc2C)[C@H]3c2ccc(C)cc2)cc1. The molecule has 0 spiro atoms. The molecule has 3 aromatic rings. The smallest absolute Gasteiger partial charge is 0.271 e. The van der Waals surface area contributed by atoms with Crippen LogP contribution in [0.4, 0.5) is 13.2 Å². The highest BCUT2D eigenvalue weighted by molar-refractivity contribution is 6.08. The molecule has 1 aliphatic heterocycles. The number of aryl methyl sites for hydroxylation is 3. The van der Waals surface area contributed by atoms with Crippen LogP contribution in [0, 0.1) is 26.7 Å². The Morgan fingerprint density at radius 1 is 1.03 bits per heavy atom. The molecule has 1 amide bonds. The van der Waals surface area contributed by atoms with Gasteiger partial charge in [0.2, 0.25) is 0 Å². The molecule has 0 radical (unpaired) electrons. The van der Waals surface area contributed by atoms with Gasteiger partial charge in [-0.2, -0.15) is 23.4 Å². The van der Waals surface area contributed by atoms with Crippen LogP contribution in [0.25, 0.3) is 6.08 Å². The van der Waals surface area contributed by atoms with Gasteiger partial charge in [-0.3, -0.25) is 9.48 Å². The Morgan fingerprint density at radius 3 is 2.30 bits per heavy atom. The number of hydrazone groups is 1. The normalized spacial score (nSPS) is 20.8. The summed E-state index contributed by atoms with van der Waals surface area (Å²) in [6, 6.07) is 17.0. The number of amides is 1. The number of carbonyl (C=O) groups is 1. The second kappa shape index (κ2) is 9.65. The first-order valence-corrected chi connectivity index (χ1v) is 12.5. The highest BCUT2D eigenvalue weighted by Crippen LogP contribution is 2.44. The number of allylic oxidation sites excluding steroid dienone is 1. The molecule has 8 heteroatoms. The molecule has 5 nitrogen and oxygen atoms in total. The second-order valence-electron chi connectivity index (χ2n) is 9.98. The molecule has 2 aliphatic rings. The Morgan fingerprint density at radius 2 is 1.68 bits per heavy atom. The molecule has 0 unspecified atom stereocenters. The van der Waals surface area contributed by atoms with Crippen molar-refractivity contribution in [1.29, 1.82) is 0 Å². The van der Waals surface area contributed by atoms with E-state index in [9.17, 15) is 18.0 Å². The van der Waals surface area contributed by atoms with Crippen molar-refractivity contribution in [3.05, 3.63) is 93.8 Å². The first-order chi connectivity index (χ1) is 17.6. The lowest BCUT2D eigenvalue weighted by Crippen LogP contribution is -2.34. The number of aromatic nitrogens is 2. The van der Waals surface area contributed by atoms with E-state index in [2.05, 4.69) is 35.4 Å². The Labute approximate surface area is 214 Å². The zero-order valence-corrected chi connectivity index (χ0v) is 21.1. The quantitative estimate of drug-likeness (QED) is 0.398. The number of hydrogen-bond donors (Lipinski definition) is 0. The number of rotatable bonds is 4. The number of fused-ring (bicyclic) bond motifs is 1. The fourth-order valence-electron chi connectivity index (χ4n) is 5.18. The van der Waals surface area contributed by atoms with Crippen LogP contribution in [-0.4, -0.2) is 26.4 Å². The molecule has 0 bridgehead atoms. The third-order valence-corrected chi connectivity index (χ3v) is 7.15. The van der Waals surface area contributed by atoms with Crippen LogP contribution in [0.1, 0.15) is 58.9 Å². The summed E-state index contributed by atoms with van der Waals surface area (Å²) >= 11 is 0. The van der Waals surface area contributed by atoms with Crippen molar-refractivity contribution in [2.24, 2.45) is 11.0 Å². The van der Waals surface area contributed by atoms with Gasteiger partial charge in [-0.15, -0.1) is 0 Å². The van der Waals surface area contributed by atoms with E-state index >= 15 is 0 Å². The van der Waals surface area contributed by atoms with Gasteiger partial charge in [0, 0.05) is 11.6 Å². The maximum atomic E-state index is 13.6. The minimum atomic E-state index is -4.57. The van der Waals surface area contributed by atoms with E-state index in [1.54, 1.807) is 0 Å². The van der Waals surface area contributed by atoms with Crippen molar-refractivity contribution in [2.75, 3.05) is 0 Å². The van der Waals surface area contributed by atoms with Crippen LogP contribution in [-0.2, 0) is 17.5 Å². The van der Waals surface area contributed by atoms with Gasteiger partial charge < -0.3 is 0 Å². The van der Waals surface area contributed by atoms with E-state index in [0.29, 0.717) is 0 Å². The monoisotopic (exact) mass is 506 g/mol. The molecule has 192 valence electrons. The average molecular weight is 507 g/mol. The minimum absolute atomic E-state index is 0.0153. The van der Waals surface area contributed by atoms with E-state index in [4.69, 9.17) is 5.10 Å². The van der Waals surface area contributed by atoms with Gasteiger partial charge in [0.1, 0.15) is 6.54 Å². The van der Waals surface area contributed by atoms with Gasteiger partial charge >= 0.3 is 6.18 Å². The fraction of sp³-hybridized carbons (Fsp3) is 0.345. The summed E-state index contributed by atoms with van der Waals surface area (Å²) in [6.07, 6.45) is 0.281. The topological polar surface area (TPSA) is 50.5 Å². The third kappa shape index (κ3) is 5.10. The number of carbonyl (C=O) groups excluding carboxylic acids is 1. The Bertz CT molecular complexity index is 1370. The van der Waals surface area contributed by atoms with Crippen LogP contribution >= 0.6 is 0 Å². The Kier molecular flexibility index (Phi) is 6.52. The molecule has 1 aliphatic carbocycles. The standard InChI is InChI=1S/C29H29F3N4O/c1-18-7-11-21(12-8-18)16-23-5-4-6-24-27(23)34-36(28(24)22-13-9-19(2)10-14-22)26(37)17-35-20(3)15-25(33-35)29(30,31)32/h7-16,24,28H,4-6,17H2,1-3H3/b23-16+/t24-,28-/m0/s1. The molecule has 37 heavy (non-hydrogen) atoms. The van der Waals surface area contributed by atoms with Gasteiger partial charge in [0.25, 0.3) is 5.91 Å². The third-order valence-electron chi connectivity index (χ3n) is 7.15. The molecular weight excluding hydrogens is 477 g/mol. The van der Waals surface area contributed by atoms with Crippen LogP contribution in [0.3, 0.4) is 0 Å². The molecule has 1 saturated carbocycles. The molecule has 2 heterocycles. The maximum Gasteiger partial charge on any atom is 0.435 e. The lowest BCUT2D eigenvalue weighted by atomic mass is 9.77. The average Bonchev–Trinajstić information content (AvgIpc) is 3.43. The van der Waals surface area contributed by atoms with E-state index in [-0.39, 0.29) is 30.1 Å². The van der Waals surface area contributed by atoms with Crippen LogP contribution in [0.5, 0.6) is 0 Å². The van der Waals surface area contributed by atoms with Gasteiger partial charge in [-0.05, 0) is 68.9 Å². The highest BCUT2D eigenvalue weighted by atomic mass is 19.4. The predicted octanol–water partition coefficient (Wildman–Crippen LogP) is 6.65. The summed E-state index contributed by atoms with van der Waals surface area (Å²) in [5, 5.41) is 9.97. The molecule has 1 aromatic heterocycles. The van der Waals surface area contributed by atoms with Crippen molar-refractivity contribution in [2.45, 2.75) is 58.8 Å². The summed E-state index contributed by atoms with van der Waals surface area (Å²) in [5.74, 6) is -0.372. The summed E-state index contributed by atoms with van der Waals surface area (Å²) in [4.78, 5) is 13.6. The molecule has 5 rings (SSSR count).